The lowest BCUT2D eigenvalue weighted by molar-refractivity contribution is -0.116. The summed E-state index contributed by atoms with van der Waals surface area (Å²) in [6, 6.07) is 12.9. The van der Waals surface area contributed by atoms with E-state index in [2.05, 4.69) is 48.8 Å². The maximum absolute atomic E-state index is 12.5. The van der Waals surface area contributed by atoms with Gasteiger partial charge in [-0.3, -0.25) is 14.2 Å². The zero-order chi connectivity index (χ0) is 17.1. The Morgan fingerprint density at radius 2 is 2.08 bits per heavy atom. The number of benzene rings is 2. The van der Waals surface area contributed by atoms with Crippen LogP contribution in [0, 0.1) is 3.57 Å². The zero-order valence-electron chi connectivity index (χ0n) is 12.5. The number of hydrogen-bond donors (Lipinski definition) is 1. The van der Waals surface area contributed by atoms with E-state index in [0.717, 1.165) is 13.7 Å². The first-order valence-corrected chi connectivity index (χ1v) is 9.10. The summed E-state index contributed by atoms with van der Waals surface area (Å²) in [6.45, 7) is 0.282. The molecular weight excluding hydrogens is 485 g/mol. The maximum atomic E-state index is 12.5. The van der Waals surface area contributed by atoms with E-state index in [1.807, 2.05) is 30.3 Å². The first-order chi connectivity index (χ1) is 11.5. The normalized spacial score (nSPS) is 10.8. The molecule has 0 bridgehead atoms. The second-order valence-electron chi connectivity index (χ2n) is 5.21. The molecule has 1 N–H and O–H groups in total. The summed E-state index contributed by atoms with van der Waals surface area (Å²) < 4.78 is 3.33. The Bertz CT molecular complexity index is 971. The lowest BCUT2D eigenvalue weighted by Crippen LogP contribution is -2.23. The third-order valence-electron chi connectivity index (χ3n) is 3.47. The fourth-order valence-electron chi connectivity index (χ4n) is 2.30. The number of aryl methyl sites for hydroxylation is 1. The van der Waals surface area contributed by atoms with E-state index in [-0.39, 0.29) is 24.4 Å². The molecule has 0 fully saturated rings. The Kier molecular flexibility index (Phi) is 5.30. The first-order valence-electron chi connectivity index (χ1n) is 7.23. The number of carbonyl (C=O) groups is 1. The van der Waals surface area contributed by atoms with E-state index in [1.54, 1.807) is 12.1 Å². The van der Waals surface area contributed by atoms with Crippen LogP contribution in [0.25, 0.3) is 10.9 Å². The van der Waals surface area contributed by atoms with Crippen LogP contribution in [0.1, 0.15) is 6.42 Å². The Hall–Kier alpha value is -1.74. The lowest BCUT2D eigenvalue weighted by atomic mass is 10.2. The van der Waals surface area contributed by atoms with Crippen LogP contribution < -0.4 is 10.9 Å². The van der Waals surface area contributed by atoms with E-state index in [9.17, 15) is 9.59 Å². The Morgan fingerprint density at radius 3 is 2.88 bits per heavy atom. The fourth-order valence-corrected chi connectivity index (χ4v) is 3.21. The number of nitrogens with one attached hydrogen (secondary N) is 1. The quantitative estimate of drug-likeness (QED) is 0.558. The molecule has 0 aliphatic heterocycles. The van der Waals surface area contributed by atoms with Gasteiger partial charge in [-0.1, -0.05) is 22.0 Å². The van der Waals surface area contributed by atoms with Crippen molar-refractivity contribution in [1.82, 2.24) is 9.55 Å². The average Bonchev–Trinajstić information content (AvgIpc) is 2.55. The average molecular weight is 498 g/mol. The molecule has 0 saturated heterocycles. The van der Waals surface area contributed by atoms with Crippen molar-refractivity contribution >= 4 is 61.0 Å². The summed E-state index contributed by atoms with van der Waals surface area (Å²) in [6.07, 6.45) is 1.68. The molecule has 3 aromatic rings. The number of hydrogen-bond acceptors (Lipinski definition) is 3. The molecule has 3 rings (SSSR count). The summed E-state index contributed by atoms with van der Waals surface area (Å²) in [5.74, 6) is -0.141. The first kappa shape index (κ1) is 17.1. The van der Waals surface area contributed by atoms with Gasteiger partial charge >= 0.3 is 0 Å². The lowest BCUT2D eigenvalue weighted by Gasteiger charge is -2.08. The number of halogens is 2. The minimum Gasteiger partial charge on any atom is -0.326 e. The van der Waals surface area contributed by atoms with Gasteiger partial charge in [-0.05, 0) is 59.0 Å². The van der Waals surface area contributed by atoms with Crippen LogP contribution >= 0.6 is 38.5 Å². The van der Waals surface area contributed by atoms with Crippen LogP contribution in [0.5, 0.6) is 0 Å². The van der Waals surface area contributed by atoms with Gasteiger partial charge in [0.05, 0.1) is 17.2 Å². The second-order valence-corrected chi connectivity index (χ2v) is 7.37. The molecule has 1 aromatic heterocycles. The van der Waals surface area contributed by atoms with Gasteiger partial charge in [0, 0.05) is 26.7 Å². The Balaban J connectivity index is 1.72. The third kappa shape index (κ3) is 4.02. The fraction of sp³-hybridized carbons (Fsp3) is 0.118. The zero-order valence-corrected chi connectivity index (χ0v) is 16.2. The van der Waals surface area contributed by atoms with Crippen molar-refractivity contribution in [2.45, 2.75) is 13.0 Å². The van der Waals surface area contributed by atoms with Gasteiger partial charge in [-0.2, -0.15) is 0 Å². The predicted molar refractivity (Wildman–Crippen MR) is 106 cm³/mol. The molecule has 0 aliphatic rings. The molecular formula is C17H13BrIN3O2. The molecule has 0 saturated carbocycles. The monoisotopic (exact) mass is 497 g/mol. The molecule has 0 spiro atoms. The van der Waals surface area contributed by atoms with Gasteiger partial charge in [0.15, 0.2) is 0 Å². The number of rotatable bonds is 4. The number of amides is 1. The van der Waals surface area contributed by atoms with Gasteiger partial charge in [-0.15, -0.1) is 0 Å². The van der Waals surface area contributed by atoms with Gasteiger partial charge in [0.25, 0.3) is 5.56 Å². The Labute approximate surface area is 160 Å². The highest BCUT2D eigenvalue weighted by Gasteiger charge is 2.07. The predicted octanol–water partition coefficient (Wildman–Crippen LogP) is 3.79. The molecule has 0 aliphatic carbocycles. The molecule has 0 radical (unpaired) electrons. The number of aromatic nitrogens is 2. The highest BCUT2D eigenvalue weighted by molar-refractivity contribution is 14.1. The molecule has 5 nitrogen and oxygen atoms in total. The van der Waals surface area contributed by atoms with Crippen molar-refractivity contribution in [1.29, 1.82) is 0 Å². The van der Waals surface area contributed by atoms with E-state index in [1.165, 1.54) is 10.9 Å². The molecule has 1 amide bonds. The van der Waals surface area contributed by atoms with Gasteiger partial charge < -0.3 is 5.32 Å². The van der Waals surface area contributed by atoms with Crippen molar-refractivity contribution in [2.24, 2.45) is 0 Å². The number of nitrogens with zero attached hydrogens (tertiary/aromatic N) is 2. The molecule has 24 heavy (non-hydrogen) atoms. The minimum absolute atomic E-state index is 0.141. The van der Waals surface area contributed by atoms with Gasteiger partial charge in [0.1, 0.15) is 0 Å². The third-order valence-corrected chi connectivity index (χ3v) is 4.64. The van der Waals surface area contributed by atoms with Crippen molar-refractivity contribution in [3.63, 3.8) is 0 Å². The largest absolute Gasteiger partial charge is 0.326 e. The summed E-state index contributed by atoms with van der Waals surface area (Å²) in [5.41, 5.74) is 1.24. The van der Waals surface area contributed by atoms with Gasteiger partial charge in [0.2, 0.25) is 5.91 Å². The van der Waals surface area contributed by atoms with Crippen molar-refractivity contribution in [3.8, 4) is 0 Å². The van der Waals surface area contributed by atoms with Crippen molar-refractivity contribution in [3.05, 3.63) is 67.2 Å². The van der Waals surface area contributed by atoms with Gasteiger partial charge in [-0.25, -0.2) is 4.98 Å². The van der Waals surface area contributed by atoms with Crippen molar-refractivity contribution in [2.75, 3.05) is 5.32 Å². The van der Waals surface area contributed by atoms with Crippen LogP contribution in [-0.4, -0.2) is 15.5 Å². The van der Waals surface area contributed by atoms with Crippen LogP contribution in [0.4, 0.5) is 5.69 Å². The number of carbonyl (C=O) groups excluding carboxylic acids is 1. The maximum Gasteiger partial charge on any atom is 0.261 e. The highest BCUT2D eigenvalue weighted by Crippen LogP contribution is 2.15. The van der Waals surface area contributed by atoms with E-state index >= 15 is 0 Å². The standard InChI is InChI=1S/C17H13BrIN3O2/c18-11-4-5-15-14(8-11)17(24)22(10-20-15)7-6-16(23)21-13-3-1-2-12(19)9-13/h1-5,8-10H,6-7H2,(H,21,23). The van der Waals surface area contributed by atoms with Crippen LogP contribution in [0.3, 0.4) is 0 Å². The van der Waals surface area contributed by atoms with E-state index in [4.69, 9.17) is 0 Å². The summed E-state index contributed by atoms with van der Waals surface area (Å²) in [4.78, 5) is 28.8. The summed E-state index contributed by atoms with van der Waals surface area (Å²) in [7, 11) is 0. The van der Waals surface area contributed by atoms with E-state index in [0.29, 0.717) is 10.9 Å². The summed E-state index contributed by atoms with van der Waals surface area (Å²) >= 11 is 5.54. The van der Waals surface area contributed by atoms with Crippen LogP contribution in [-0.2, 0) is 11.3 Å². The van der Waals surface area contributed by atoms with E-state index < -0.39 is 0 Å². The topological polar surface area (TPSA) is 64.0 Å². The minimum atomic E-state index is -0.150. The molecule has 122 valence electrons. The molecule has 7 heteroatoms. The van der Waals surface area contributed by atoms with Crippen LogP contribution in [0.2, 0.25) is 0 Å². The molecule has 0 unspecified atom stereocenters. The smallest absolute Gasteiger partial charge is 0.261 e. The highest BCUT2D eigenvalue weighted by atomic mass is 127. The Morgan fingerprint density at radius 1 is 1.25 bits per heavy atom. The van der Waals surface area contributed by atoms with Crippen molar-refractivity contribution < 1.29 is 4.79 Å². The second kappa shape index (κ2) is 7.43. The number of fused-ring (bicyclic) bond motifs is 1. The number of anilines is 1. The molecule has 0 atom stereocenters. The summed E-state index contributed by atoms with van der Waals surface area (Å²) in [5, 5.41) is 3.36. The SMILES string of the molecule is O=C(CCn1cnc2ccc(Br)cc2c1=O)Nc1cccc(I)c1. The molecule has 1 heterocycles. The molecule has 2 aromatic carbocycles. The van der Waals surface area contributed by atoms with Crippen LogP contribution in [0.15, 0.2) is 58.1 Å².